The molecule has 37 heteroatoms. The summed E-state index contributed by atoms with van der Waals surface area (Å²) in [6, 6.07) is 1.17. The van der Waals surface area contributed by atoms with E-state index in [2.05, 4.69) is 46.5 Å². The van der Waals surface area contributed by atoms with Gasteiger partial charge in [0.15, 0.2) is 18.1 Å². The fourth-order valence-electron chi connectivity index (χ4n) is 12.4. The largest absolute Gasteiger partial charge is 0.499 e. The molecule has 5 amide bonds. The zero-order chi connectivity index (χ0) is 71.3. The first-order valence-corrected chi connectivity index (χ1v) is 35.7. The Bertz CT molecular complexity index is 4730. The van der Waals surface area contributed by atoms with Crippen LogP contribution in [-0.2, 0) is 57.6 Å². The van der Waals surface area contributed by atoms with Crippen molar-refractivity contribution in [2.24, 2.45) is 0 Å². The highest BCUT2D eigenvalue weighted by Crippen LogP contribution is 2.43. The van der Waals surface area contributed by atoms with E-state index in [1.54, 1.807) is 68.0 Å². The summed E-state index contributed by atoms with van der Waals surface area (Å²) in [5, 5.41) is 57.5. The van der Waals surface area contributed by atoms with Crippen molar-refractivity contribution in [3.8, 4) is 38.4 Å². The molecule has 9 aromatic rings. The molecule has 101 heavy (non-hydrogen) atoms. The van der Waals surface area contributed by atoms with E-state index in [0.29, 0.717) is 16.7 Å². The second kappa shape index (κ2) is 28.8. The van der Waals surface area contributed by atoms with Crippen molar-refractivity contribution >= 4 is 115 Å². The molecule has 1 fully saturated rings. The number of H-pyrrole nitrogens is 1. The number of carbonyl (C=O) groups excluding carboxylic acids is 7. The number of rotatable bonds is 11. The van der Waals surface area contributed by atoms with Gasteiger partial charge in [-0.2, -0.15) is 4.73 Å². The number of imidazole rings is 1. The van der Waals surface area contributed by atoms with Crippen LogP contribution in [0.4, 0.5) is 0 Å². The van der Waals surface area contributed by atoms with Crippen LogP contribution < -0.4 is 31.3 Å². The number of methoxy groups -OCH3 is 2. The molecule has 4 aliphatic heterocycles. The number of allylic oxidation sites excluding steroid dienone is 1. The first kappa shape index (κ1) is 69.9. The van der Waals surface area contributed by atoms with Gasteiger partial charge in [0.1, 0.15) is 120 Å². The Morgan fingerprint density at radius 1 is 0.851 bits per heavy atom. The minimum atomic E-state index is -1.90. The Hall–Kier alpha value is -9.54. The van der Waals surface area contributed by atoms with Crippen molar-refractivity contribution < 1.29 is 82.1 Å². The van der Waals surface area contributed by atoms with Gasteiger partial charge in [-0.1, -0.05) is 12.1 Å². The van der Waals surface area contributed by atoms with Crippen LogP contribution in [0.2, 0.25) is 0 Å². The third kappa shape index (κ3) is 14.0. The number of nitrogens with zero attached hydrogens (tertiary/aromatic N) is 9. The SMILES string of the molecule is CO/C(C)=C1/NC(=O)C(C(C)O)NC(=O)c2csc(n2)-c2cc(OC)c(-c3nc(C(=O)NCCc4c[nH]cn4)cs3)nc2-c2csc(n2)C2COC(=O)c3c4c5c(cccc5n3O)COC(=O)C(OC3CC(C)(O)C(N(C)C)C(C)O3)C(OC4)C(NC(=O)c3csc1n3)c1nc(cs1)C(=O)N2. The van der Waals surface area contributed by atoms with Gasteiger partial charge in [0.25, 0.3) is 23.6 Å². The van der Waals surface area contributed by atoms with Gasteiger partial charge in [-0.3, -0.25) is 24.0 Å². The van der Waals surface area contributed by atoms with Crippen LogP contribution in [0.15, 0.2) is 69.4 Å². The second-order valence-corrected chi connectivity index (χ2v) is 28.6. The van der Waals surface area contributed by atoms with E-state index in [1.807, 2.05) is 0 Å². The van der Waals surface area contributed by atoms with Gasteiger partial charge in [-0.25, -0.2) is 44.5 Å². The normalized spacial score (nSPS) is 23.7. The third-order valence-corrected chi connectivity index (χ3v) is 21.7. The van der Waals surface area contributed by atoms with Crippen LogP contribution in [0.25, 0.3) is 49.3 Å². The van der Waals surface area contributed by atoms with Crippen molar-refractivity contribution in [2.75, 3.05) is 41.5 Å². The Morgan fingerprint density at radius 3 is 2.29 bits per heavy atom. The number of ether oxygens (including phenoxy) is 7. The highest BCUT2D eigenvalue weighted by Gasteiger charge is 2.50. The van der Waals surface area contributed by atoms with E-state index < -0.39 is 127 Å². The Kier molecular flexibility index (Phi) is 20.0. The summed E-state index contributed by atoms with van der Waals surface area (Å²) in [4.78, 5) is 141. The van der Waals surface area contributed by atoms with Crippen molar-refractivity contribution in [1.29, 1.82) is 0 Å². The minimum absolute atomic E-state index is 0.00607. The number of cyclic esters (lactones) is 2. The first-order valence-electron chi connectivity index (χ1n) is 31.3. The third-order valence-electron chi connectivity index (χ3n) is 17.2. The molecule has 9 N–H and O–H groups in total. The lowest BCUT2D eigenvalue weighted by molar-refractivity contribution is -0.280. The Labute approximate surface area is 593 Å². The van der Waals surface area contributed by atoms with Crippen molar-refractivity contribution in [3.63, 3.8) is 0 Å². The molecule has 13 rings (SSSR count). The molecule has 12 bridgehead atoms. The minimum Gasteiger partial charge on any atom is -0.499 e. The predicted molar refractivity (Wildman–Crippen MR) is 364 cm³/mol. The molecule has 0 spiro atoms. The number of hydrogen-bond acceptors (Lipinski definition) is 30. The van der Waals surface area contributed by atoms with Crippen LogP contribution >= 0.6 is 56.7 Å². The van der Waals surface area contributed by atoms with Crippen LogP contribution in [0, 0.1) is 0 Å². The lowest BCUT2D eigenvalue weighted by Crippen LogP contribution is -2.62. The number of thiazole rings is 5. The zero-order valence-corrected chi connectivity index (χ0v) is 59.0. The maximum absolute atomic E-state index is 15.2. The van der Waals surface area contributed by atoms with Crippen molar-refractivity contribution in [3.05, 3.63) is 130 Å². The molecule has 0 aliphatic carbocycles. The molecule has 4 aliphatic rings. The number of nitrogens with one attached hydrogen (secondary N) is 6. The summed E-state index contributed by atoms with van der Waals surface area (Å²) in [6.07, 6.45) is -3.73. The summed E-state index contributed by atoms with van der Waals surface area (Å²) in [6.45, 7) is 4.67. The van der Waals surface area contributed by atoms with E-state index in [1.165, 1.54) is 56.6 Å². The number of aliphatic hydroxyl groups is 2. The van der Waals surface area contributed by atoms with Crippen LogP contribution in [-0.4, -0.2) is 196 Å². The molecule has 1 aromatic carbocycles. The maximum Gasteiger partial charge on any atom is 0.358 e. The Balaban J connectivity index is 0.974. The molecule has 10 unspecified atom stereocenters. The van der Waals surface area contributed by atoms with Crippen molar-refractivity contribution in [1.82, 2.24) is 76.1 Å². The van der Waals surface area contributed by atoms with Crippen LogP contribution in [0.1, 0.15) is 130 Å². The Morgan fingerprint density at radius 2 is 1.55 bits per heavy atom. The number of amides is 5. The van der Waals surface area contributed by atoms with Gasteiger partial charge < -0.3 is 85.0 Å². The molecule has 1 saturated heterocycles. The average molecular weight is 1480 g/mol. The first-order chi connectivity index (χ1) is 48.5. The molecule has 32 nitrogen and oxygen atoms in total. The number of hydrogen-bond donors (Lipinski definition) is 9. The lowest BCUT2D eigenvalue weighted by atomic mass is 9.85. The number of esters is 2. The molecule has 0 saturated carbocycles. The standard InChI is InChI=1S/C64H65N15O17S5/c1-26(80)43-56(85)76-44(27(2)90-7)59-72-38(24-99-59)55(84)77-47-49-50(96-41-15-64(4,88)51(78(5)6)28(3)95-41)63(87)93-17-29-10-9-11-39-42(29)32(18-92-49)48(79(39)89)62(86)94-19-33(68-53(82)36-23-101-61(47)73-36)58-69-34(20-98-58)45-31(57-70-37(22-97-57)54(83)75-43)14-40(91-8)46(74-45)60-71-35(21-100-60)52(81)66-13-12-30-16-65-25-67-30/h9-11,14,16,20-26,28,33,41,43,47,49-51,80,88-89H,12-13,15,17-19H2,1-8H3,(H,65,67)(H,66,81)(H,68,82)(H,75,83)(H,76,85)(H,77,84)/b44-27+. The summed E-state index contributed by atoms with van der Waals surface area (Å²) in [5.41, 5.74) is -0.735. The van der Waals surface area contributed by atoms with Gasteiger partial charge in [0, 0.05) is 69.0 Å². The average Bonchev–Trinajstić information content (AvgIpc) is 1.66. The number of aromatic nitrogens is 9. The lowest BCUT2D eigenvalue weighted by Gasteiger charge is -2.48. The monoisotopic (exact) mass is 1480 g/mol. The molecule has 0 radical (unpaired) electrons. The number of pyridine rings is 1. The maximum atomic E-state index is 15.2. The van der Waals surface area contributed by atoms with Gasteiger partial charge in [-0.05, 0) is 59.5 Å². The predicted octanol–water partition coefficient (Wildman–Crippen LogP) is 5.16. The van der Waals surface area contributed by atoms with E-state index in [-0.39, 0.29) is 117 Å². The molecular weight excluding hydrogens is 1410 g/mol. The van der Waals surface area contributed by atoms with Gasteiger partial charge in [0.05, 0.1) is 62.2 Å². The highest BCUT2D eigenvalue weighted by atomic mass is 32.1. The van der Waals surface area contributed by atoms with Gasteiger partial charge >= 0.3 is 11.9 Å². The van der Waals surface area contributed by atoms with E-state index in [4.69, 9.17) is 53.1 Å². The number of likely N-dealkylation sites (N-methyl/N-ethyl adjacent to an activating group) is 1. The summed E-state index contributed by atoms with van der Waals surface area (Å²) in [5.74, 6) is -5.97. The molecular formula is C64H65N15O17S5. The number of carbonyl (C=O) groups is 7. The highest BCUT2D eigenvalue weighted by molar-refractivity contribution is 7.14. The number of aromatic amines is 1. The van der Waals surface area contributed by atoms with Crippen LogP contribution in [0.5, 0.6) is 5.75 Å². The summed E-state index contributed by atoms with van der Waals surface area (Å²) < 4.78 is 44.4. The molecule has 10 atom stereocenters. The van der Waals surface area contributed by atoms with Gasteiger partial charge in [-0.15, -0.1) is 56.7 Å². The molecule has 528 valence electrons. The fraction of sp³-hybridized carbons (Fsp3) is 0.375. The smallest absolute Gasteiger partial charge is 0.358 e. The summed E-state index contributed by atoms with van der Waals surface area (Å²) >= 11 is 4.91. The van der Waals surface area contributed by atoms with E-state index in [0.717, 1.165) is 62.4 Å². The number of benzene rings is 1. The quantitative estimate of drug-likeness (QED) is 0.0458. The van der Waals surface area contributed by atoms with Crippen LogP contribution in [0.3, 0.4) is 0 Å². The van der Waals surface area contributed by atoms with E-state index >= 15 is 19.2 Å². The second-order valence-electron chi connectivity index (χ2n) is 24.3. The molecule has 12 heterocycles. The number of fused-ring (bicyclic) bond motifs is 15. The number of aliphatic hydroxyl groups excluding tert-OH is 1. The van der Waals surface area contributed by atoms with E-state index in [9.17, 15) is 29.8 Å². The fourth-order valence-corrected chi connectivity index (χ4v) is 16.6. The van der Waals surface area contributed by atoms with Crippen molar-refractivity contribution in [2.45, 2.75) is 114 Å². The topological polar surface area (TPSA) is 419 Å². The molecule has 8 aromatic heterocycles. The zero-order valence-electron chi connectivity index (χ0n) is 54.9. The van der Waals surface area contributed by atoms with Gasteiger partial charge in [0.2, 0.25) is 5.91 Å². The summed E-state index contributed by atoms with van der Waals surface area (Å²) in [7, 11) is 6.28.